The van der Waals surface area contributed by atoms with Crippen molar-refractivity contribution in [3.63, 3.8) is 0 Å². The van der Waals surface area contributed by atoms with Gasteiger partial charge in [-0.05, 0) is 29.2 Å². The molecule has 9 nitrogen and oxygen atoms in total. The zero-order valence-corrected chi connectivity index (χ0v) is 18.2. The number of carboxylic acid groups (broad SMARTS) is 1. The number of carbonyl (C=O) groups excluding carboxylic acids is 3. The van der Waals surface area contributed by atoms with Crippen molar-refractivity contribution >= 4 is 23.9 Å². The number of fused-ring (bicyclic) bond motifs is 3. The quantitative estimate of drug-likeness (QED) is 0.690. The molecule has 1 aliphatic carbocycles. The second-order valence-corrected chi connectivity index (χ2v) is 8.10. The van der Waals surface area contributed by atoms with Crippen LogP contribution in [0.3, 0.4) is 0 Å². The third-order valence-electron chi connectivity index (χ3n) is 6.16. The minimum atomic E-state index is -1.10. The molecule has 1 aliphatic heterocycles. The molecule has 0 bridgehead atoms. The number of nitrogens with one attached hydrogen (secondary N) is 1. The fraction of sp³-hybridized carbons (Fsp3) is 0.333. The van der Waals surface area contributed by atoms with E-state index in [2.05, 4.69) is 5.32 Å². The maximum Gasteiger partial charge on any atom is 0.407 e. The van der Waals surface area contributed by atoms with E-state index in [-0.39, 0.29) is 38.7 Å². The highest BCUT2D eigenvalue weighted by Crippen LogP contribution is 2.44. The SMILES string of the molecule is CC(C(=O)O)N1CCN(C(=O)CNC(=O)OCC2c3ccccc3-c3ccccc32)CC1=O. The maximum atomic E-state index is 12.4. The van der Waals surface area contributed by atoms with Gasteiger partial charge in [-0.2, -0.15) is 0 Å². The zero-order chi connectivity index (χ0) is 23.5. The lowest BCUT2D eigenvalue weighted by Crippen LogP contribution is -2.57. The second-order valence-electron chi connectivity index (χ2n) is 8.10. The molecule has 2 aromatic rings. The third-order valence-corrected chi connectivity index (χ3v) is 6.16. The molecule has 1 saturated heterocycles. The number of benzene rings is 2. The van der Waals surface area contributed by atoms with Crippen molar-refractivity contribution < 1.29 is 29.0 Å². The van der Waals surface area contributed by atoms with Crippen LogP contribution in [0.2, 0.25) is 0 Å². The van der Waals surface area contributed by atoms with Crippen molar-refractivity contribution in [2.24, 2.45) is 0 Å². The maximum absolute atomic E-state index is 12.4. The number of hydrogen-bond donors (Lipinski definition) is 2. The van der Waals surface area contributed by atoms with Crippen LogP contribution in [0.15, 0.2) is 48.5 Å². The minimum Gasteiger partial charge on any atom is -0.480 e. The molecule has 2 aliphatic rings. The number of nitrogens with zero attached hydrogens (tertiary/aromatic N) is 2. The molecule has 3 amide bonds. The highest BCUT2D eigenvalue weighted by molar-refractivity contribution is 5.90. The van der Waals surface area contributed by atoms with E-state index in [0.717, 1.165) is 22.3 Å². The van der Waals surface area contributed by atoms with Crippen molar-refractivity contribution in [2.45, 2.75) is 18.9 Å². The largest absolute Gasteiger partial charge is 0.480 e. The first-order chi connectivity index (χ1) is 15.9. The smallest absolute Gasteiger partial charge is 0.407 e. The first-order valence-corrected chi connectivity index (χ1v) is 10.8. The summed E-state index contributed by atoms with van der Waals surface area (Å²) in [6.07, 6.45) is -0.713. The molecule has 2 aromatic carbocycles. The first kappa shape index (κ1) is 22.3. The molecule has 9 heteroatoms. The summed E-state index contributed by atoms with van der Waals surface area (Å²) in [5.74, 6) is -2.05. The van der Waals surface area contributed by atoms with Crippen LogP contribution in [-0.4, -0.2) is 77.6 Å². The number of piperazine rings is 1. The van der Waals surface area contributed by atoms with Crippen molar-refractivity contribution in [1.29, 1.82) is 0 Å². The monoisotopic (exact) mass is 451 g/mol. The summed E-state index contributed by atoms with van der Waals surface area (Å²) >= 11 is 0. The lowest BCUT2D eigenvalue weighted by atomic mass is 9.98. The van der Waals surface area contributed by atoms with Gasteiger partial charge < -0.3 is 25.0 Å². The number of carboxylic acids is 1. The summed E-state index contributed by atoms with van der Waals surface area (Å²) < 4.78 is 5.41. The number of amides is 3. The Morgan fingerprint density at radius 2 is 1.67 bits per heavy atom. The van der Waals surface area contributed by atoms with Gasteiger partial charge in [0.15, 0.2) is 0 Å². The van der Waals surface area contributed by atoms with Crippen LogP contribution < -0.4 is 5.32 Å². The molecule has 1 fully saturated rings. The predicted octanol–water partition coefficient (Wildman–Crippen LogP) is 1.67. The average molecular weight is 451 g/mol. The lowest BCUT2D eigenvalue weighted by molar-refractivity contribution is -0.154. The van der Waals surface area contributed by atoms with Crippen LogP contribution in [0.1, 0.15) is 24.0 Å². The van der Waals surface area contributed by atoms with Crippen LogP contribution in [0.4, 0.5) is 4.79 Å². The molecule has 1 unspecified atom stereocenters. The molecule has 0 radical (unpaired) electrons. The summed E-state index contributed by atoms with van der Waals surface area (Å²) in [4.78, 5) is 50.5. The molecular weight excluding hydrogens is 426 g/mol. The van der Waals surface area contributed by atoms with E-state index in [4.69, 9.17) is 9.84 Å². The lowest BCUT2D eigenvalue weighted by Gasteiger charge is -2.36. The molecule has 0 saturated carbocycles. The molecule has 0 aromatic heterocycles. The van der Waals surface area contributed by atoms with Crippen LogP contribution in [-0.2, 0) is 19.1 Å². The Balaban J connectivity index is 1.28. The van der Waals surface area contributed by atoms with E-state index in [1.54, 1.807) is 0 Å². The summed E-state index contributed by atoms with van der Waals surface area (Å²) in [5, 5.41) is 11.5. The predicted molar refractivity (Wildman–Crippen MR) is 118 cm³/mol. The van der Waals surface area contributed by atoms with Gasteiger partial charge in [0, 0.05) is 19.0 Å². The Morgan fingerprint density at radius 1 is 1.06 bits per heavy atom. The Bertz CT molecular complexity index is 1060. The highest BCUT2D eigenvalue weighted by Gasteiger charge is 2.33. The van der Waals surface area contributed by atoms with Gasteiger partial charge in [0.05, 0.1) is 6.54 Å². The van der Waals surface area contributed by atoms with Gasteiger partial charge in [-0.1, -0.05) is 48.5 Å². The number of rotatable bonds is 6. The Kier molecular flexibility index (Phi) is 6.30. The van der Waals surface area contributed by atoms with Crippen LogP contribution in [0, 0.1) is 0 Å². The first-order valence-electron chi connectivity index (χ1n) is 10.8. The van der Waals surface area contributed by atoms with Crippen LogP contribution in [0.5, 0.6) is 0 Å². The van der Waals surface area contributed by atoms with E-state index in [0.29, 0.717) is 0 Å². The van der Waals surface area contributed by atoms with Gasteiger partial charge in [0.1, 0.15) is 19.2 Å². The van der Waals surface area contributed by atoms with E-state index in [9.17, 15) is 19.2 Å². The minimum absolute atomic E-state index is 0.0826. The fourth-order valence-corrected chi connectivity index (χ4v) is 4.35. The van der Waals surface area contributed by atoms with Gasteiger partial charge >= 0.3 is 12.1 Å². The molecule has 0 spiro atoms. The van der Waals surface area contributed by atoms with Crippen molar-refractivity contribution in [3.8, 4) is 11.1 Å². The Hall–Kier alpha value is -3.88. The summed E-state index contributed by atoms with van der Waals surface area (Å²) in [6, 6.07) is 15.0. The standard InChI is InChI=1S/C24H25N3O6/c1-15(23(30)31)27-11-10-26(13-22(27)29)21(28)12-25-24(32)33-14-20-18-8-4-2-6-16(18)17-7-3-5-9-19(17)20/h2-9,15,20H,10-14H2,1H3,(H,25,32)(H,30,31). The molecular formula is C24H25N3O6. The Labute approximate surface area is 190 Å². The van der Waals surface area contributed by atoms with Gasteiger partial charge in [-0.25, -0.2) is 9.59 Å². The van der Waals surface area contributed by atoms with Gasteiger partial charge in [0.2, 0.25) is 11.8 Å². The van der Waals surface area contributed by atoms with E-state index < -0.39 is 29.9 Å². The van der Waals surface area contributed by atoms with E-state index >= 15 is 0 Å². The van der Waals surface area contributed by atoms with Gasteiger partial charge in [-0.3, -0.25) is 9.59 Å². The van der Waals surface area contributed by atoms with E-state index in [1.807, 2.05) is 48.5 Å². The fourth-order valence-electron chi connectivity index (χ4n) is 4.35. The highest BCUT2D eigenvalue weighted by atomic mass is 16.5. The molecule has 172 valence electrons. The van der Waals surface area contributed by atoms with Crippen LogP contribution in [0.25, 0.3) is 11.1 Å². The van der Waals surface area contributed by atoms with Crippen molar-refractivity contribution in [3.05, 3.63) is 59.7 Å². The second kappa shape index (κ2) is 9.32. The van der Waals surface area contributed by atoms with Crippen LogP contribution >= 0.6 is 0 Å². The summed E-state index contributed by atoms with van der Waals surface area (Å²) in [6.45, 7) is 1.37. The van der Waals surface area contributed by atoms with Crippen molar-refractivity contribution in [1.82, 2.24) is 15.1 Å². The number of hydrogen-bond acceptors (Lipinski definition) is 5. The molecule has 1 heterocycles. The Morgan fingerprint density at radius 3 is 2.24 bits per heavy atom. The number of alkyl carbamates (subject to hydrolysis) is 1. The molecule has 33 heavy (non-hydrogen) atoms. The molecule has 2 N–H and O–H groups in total. The number of aliphatic carboxylic acids is 1. The van der Waals surface area contributed by atoms with Gasteiger partial charge in [0.25, 0.3) is 0 Å². The summed E-state index contributed by atoms with van der Waals surface area (Å²) in [5.41, 5.74) is 4.43. The summed E-state index contributed by atoms with van der Waals surface area (Å²) in [7, 11) is 0. The van der Waals surface area contributed by atoms with E-state index in [1.165, 1.54) is 16.7 Å². The average Bonchev–Trinajstić information content (AvgIpc) is 3.14. The normalized spacial score (nSPS) is 16.1. The number of ether oxygens (including phenoxy) is 1. The molecule has 4 rings (SSSR count). The topological polar surface area (TPSA) is 116 Å². The molecule has 1 atom stereocenters. The zero-order valence-electron chi connectivity index (χ0n) is 18.2. The third kappa shape index (κ3) is 4.52. The van der Waals surface area contributed by atoms with Crippen molar-refractivity contribution in [2.75, 3.05) is 32.8 Å². The van der Waals surface area contributed by atoms with Gasteiger partial charge in [-0.15, -0.1) is 0 Å². The number of carbonyl (C=O) groups is 4.